The predicted molar refractivity (Wildman–Crippen MR) is 161 cm³/mol. The molecule has 0 amide bonds. The van der Waals surface area contributed by atoms with Crippen molar-refractivity contribution in [3.05, 3.63) is 64.9 Å². The third-order valence-corrected chi connectivity index (χ3v) is 10.2. The third-order valence-electron chi connectivity index (χ3n) is 9.84. The average molecular weight is 584 g/mol. The van der Waals surface area contributed by atoms with Gasteiger partial charge in [0, 0.05) is 60.3 Å². The molecule has 10 heteroatoms. The van der Waals surface area contributed by atoms with Gasteiger partial charge in [-0.25, -0.2) is 11.0 Å². The highest BCUT2D eigenvalue weighted by atomic mass is 35.5. The Bertz CT molecular complexity index is 1740. The number of halogens is 2. The van der Waals surface area contributed by atoms with Gasteiger partial charge in [-0.3, -0.25) is 9.88 Å². The number of piperazine rings is 1. The molecule has 2 aromatic carbocycles. The summed E-state index contributed by atoms with van der Waals surface area (Å²) in [6.45, 7) is 11.6. The van der Waals surface area contributed by atoms with Crippen molar-refractivity contribution in [1.82, 2.24) is 25.2 Å². The van der Waals surface area contributed by atoms with Crippen LogP contribution in [0, 0.1) is 12.4 Å². The van der Waals surface area contributed by atoms with Gasteiger partial charge in [0.15, 0.2) is 5.82 Å². The van der Waals surface area contributed by atoms with E-state index in [1.807, 2.05) is 36.4 Å². The maximum Gasteiger partial charge on any atom is 0.319 e. The zero-order chi connectivity index (χ0) is 28.4. The molecule has 6 heterocycles. The lowest BCUT2D eigenvalue weighted by atomic mass is 9.90. The Balaban J connectivity index is 1.25. The summed E-state index contributed by atoms with van der Waals surface area (Å²) in [7, 11) is 0. The first-order valence-electron chi connectivity index (χ1n) is 14.8. The smallest absolute Gasteiger partial charge is 0.319 e. The minimum absolute atomic E-state index is 0.118. The molecule has 0 spiro atoms. The Morgan fingerprint density at radius 3 is 2.71 bits per heavy atom. The molecule has 0 aliphatic carbocycles. The van der Waals surface area contributed by atoms with Crippen molar-refractivity contribution in [1.29, 1.82) is 0 Å². The van der Waals surface area contributed by atoms with Gasteiger partial charge in [0.25, 0.3) is 0 Å². The van der Waals surface area contributed by atoms with E-state index >= 15 is 4.39 Å². The first-order valence-corrected chi connectivity index (χ1v) is 15.2. The number of anilines is 1. The maximum absolute atomic E-state index is 16.6. The Labute approximate surface area is 248 Å². The van der Waals surface area contributed by atoms with E-state index in [-0.39, 0.29) is 28.8 Å². The second-order valence-corrected chi connectivity index (χ2v) is 12.5. The predicted octanol–water partition coefficient (Wildman–Crippen LogP) is 5.48. The lowest BCUT2D eigenvalue weighted by molar-refractivity contribution is 0.104. The number of nitrogens with zero attached hydrogens (tertiary/aromatic N) is 6. The van der Waals surface area contributed by atoms with Crippen molar-refractivity contribution in [2.75, 3.05) is 37.7 Å². The van der Waals surface area contributed by atoms with Crippen LogP contribution in [-0.2, 0) is 0 Å². The molecular formula is C32H31ClFN7O. The van der Waals surface area contributed by atoms with E-state index < -0.39 is 5.82 Å². The number of pyridine rings is 1. The van der Waals surface area contributed by atoms with Gasteiger partial charge in [-0.05, 0) is 43.7 Å². The summed E-state index contributed by atoms with van der Waals surface area (Å²) >= 11 is 6.61. The lowest BCUT2D eigenvalue weighted by Gasteiger charge is -2.34. The van der Waals surface area contributed by atoms with Gasteiger partial charge in [0.2, 0.25) is 6.04 Å². The van der Waals surface area contributed by atoms with Crippen molar-refractivity contribution in [3.63, 3.8) is 0 Å². The minimum atomic E-state index is -0.521. The highest BCUT2D eigenvalue weighted by molar-refractivity contribution is 6.36. The molecule has 8 nitrogen and oxygen atoms in total. The molecule has 4 aromatic rings. The minimum Gasteiger partial charge on any atom is -0.461 e. The summed E-state index contributed by atoms with van der Waals surface area (Å²) in [5, 5.41) is 6.44. The van der Waals surface area contributed by atoms with Gasteiger partial charge in [-0.15, -0.1) is 0 Å². The van der Waals surface area contributed by atoms with Crippen LogP contribution in [0.25, 0.3) is 37.8 Å². The first kappa shape index (κ1) is 26.1. The van der Waals surface area contributed by atoms with E-state index in [0.717, 1.165) is 69.1 Å². The van der Waals surface area contributed by atoms with E-state index in [2.05, 4.69) is 29.9 Å². The van der Waals surface area contributed by atoms with Crippen molar-refractivity contribution in [3.8, 4) is 17.3 Å². The van der Waals surface area contributed by atoms with E-state index in [1.165, 1.54) is 0 Å². The largest absolute Gasteiger partial charge is 0.461 e. The molecule has 2 bridgehead atoms. The van der Waals surface area contributed by atoms with E-state index in [4.69, 9.17) is 27.9 Å². The summed E-state index contributed by atoms with van der Waals surface area (Å²) in [6, 6.07) is 12.1. The zero-order valence-corrected chi connectivity index (χ0v) is 23.9. The van der Waals surface area contributed by atoms with Crippen LogP contribution in [0.1, 0.15) is 32.1 Å². The fraction of sp³-hybridized carbons (Fsp3) is 0.438. The average Bonchev–Trinajstić information content (AvgIpc) is 3.68. The van der Waals surface area contributed by atoms with Gasteiger partial charge in [0.1, 0.15) is 29.2 Å². The molecule has 4 saturated heterocycles. The monoisotopic (exact) mass is 583 g/mol. The number of hydrogen-bond acceptors (Lipinski definition) is 7. The summed E-state index contributed by atoms with van der Waals surface area (Å²) in [5.41, 5.74) is 0.660. The van der Waals surface area contributed by atoms with Crippen LogP contribution in [-0.4, -0.2) is 76.3 Å². The normalized spacial score (nSPS) is 27.1. The number of rotatable bonds is 5. The molecule has 1 N–H and O–H groups in total. The summed E-state index contributed by atoms with van der Waals surface area (Å²) in [4.78, 5) is 22.8. The number of nitrogens with one attached hydrogen (secondary N) is 1. The molecule has 4 aliphatic rings. The first-order chi connectivity index (χ1) is 20.5. The number of hydrogen-bond donors (Lipinski definition) is 1. The second kappa shape index (κ2) is 10.0. The maximum atomic E-state index is 16.6. The quantitative estimate of drug-likeness (QED) is 0.312. The van der Waals surface area contributed by atoms with Crippen molar-refractivity contribution in [2.24, 2.45) is 0 Å². The van der Waals surface area contributed by atoms with Crippen molar-refractivity contribution in [2.45, 2.75) is 55.8 Å². The van der Waals surface area contributed by atoms with E-state index in [0.29, 0.717) is 40.5 Å². The molecule has 0 saturated carbocycles. The summed E-state index contributed by atoms with van der Waals surface area (Å²) < 4.78 is 23.0. The van der Waals surface area contributed by atoms with Crippen LogP contribution in [0.5, 0.6) is 6.01 Å². The molecule has 42 heavy (non-hydrogen) atoms. The molecule has 2 unspecified atom stereocenters. The topological polar surface area (TPSA) is 70.8 Å². The van der Waals surface area contributed by atoms with Crippen molar-refractivity contribution >= 4 is 39.1 Å². The second-order valence-electron chi connectivity index (χ2n) is 12.1. The Hall–Kier alpha value is -3.58. The molecule has 8 rings (SSSR count). The van der Waals surface area contributed by atoms with Gasteiger partial charge in [0.05, 0.1) is 5.39 Å². The van der Waals surface area contributed by atoms with Crippen LogP contribution in [0.2, 0.25) is 5.02 Å². The molecule has 0 radical (unpaired) electrons. The molecular weight excluding hydrogens is 553 g/mol. The number of fused-ring (bicyclic) bond motifs is 5. The van der Waals surface area contributed by atoms with Crippen LogP contribution < -0.4 is 15.0 Å². The van der Waals surface area contributed by atoms with E-state index in [9.17, 15) is 0 Å². The van der Waals surface area contributed by atoms with Gasteiger partial charge in [-0.2, -0.15) is 9.97 Å². The van der Waals surface area contributed by atoms with Crippen LogP contribution in [0.4, 0.5) is 10.2 Å². The van der Waals surface area contributed by atoms with Crippen LogP contribution in [0.3, 0.4) is 0 Å². The fourth-order valence-electron chi connectivity index (χ4n) is 7.83. The fourth-order valence-corrected chi connectivity index (χ4v) is 8.11. The number of benzene rings is 2. The van der Waals surface area contributed by atoms with Gasteiger partial charge in [-0.1, -0.05) is 41.9 Å². The summed E-state index contributed by atoms with van der Waals surface area (Å²) in [6.07, 6.45) is 6.71. The van der Waals surface area contributed by atoms with Crippen LogP contribution in [0.15, 0.2) is 42.6 Å². The van der Waals surface area contributed by atoms with Crippen molar-refractivity contribution < 1.29 is 9.13 Å². The summed E-state index contributed by atoms with van der Waals surface area (Å²) in [5.74, 6) is 0.128. The number of aromatic nitrogens is 3. The Morgan fingerprint density at radius 2 is 1.90 bits per heavy atom. The van der Waals surface area contributed by atoms with Gasteiger partial charge < -0.3 is 19.8 Å². The molecule has 4 aliphatic heterocycles. The standard InChI is InChI=1S/C32H31ClFN7O/c1-35-25-11-14-41-13-4-12-32(25,41)18-42-31-38-29-23(30(39-31)40-16-20-9-10-21(17-40)37-20)15-36-28(27(29)34)22-7-2-5-19-6-3-8-24(33)26(19)22/h2-3,5-8,15,20-21,25,37H,4,9-14,16-18H2/t20?,21?,25-,32+/m0/s1. The SMILES string of the molecule is [C-]#[N+][C@H]1CCN2CCC[C@@]12COc1nc(N2CC3CCC(C2)N3)c2cnc(-c3cccc4cccc(Cl)c34)c(F)c2n1. The van der Waals surface area contributed by atoms with Gasteiger partial charge >= 0.3 is 6.01 Å². The Kier molecular flexibility index (Phi) is 6.21. The van der Waals surface area contributed by atoms with Crippen LogP contribution >= 0.6 is 11.6 Å². The molecule has 2 aromatic heterocycles. The Morgan fingerprint density at radius 1 is 1.10 bits per heavy atom. The third kappa shape index (κ3) is 4.03. The highest BCUT2D eigenvalue weighted by Gasteiger charge is 2.56. The number of ether oxygens (including phenoxy) is 1. The van der Waals surface area contributed by atoms with E-state index in [1.54, 1.807) is 6.20 Å². The molecule has 214 valence electrons. The lowest BCUT2D eigenvalue weighted by Crippen LogP contribution is -2.51. The highest BCUT2D eigenvalue weighted by Crippen LogP contribution is 2.42. The molecule has 4 atom stereocenters. The zero-order valence-electron chi connectivity index (χ0n) is 23.2. The molecule has 4 fully saturated rings.